The molecule has 10 atom stereocenters. The highest BCUT2D eigenvalue weighted by Crippen LogP contribution is 2.28. The number of hydrogen-bond donors (Lipinski definition) is 8. The van der Waals surface area contributed by atoms with Gasteiger partial charge in [-0.2, -0.15) is 0 Å². The molecule has 0 aromatic carbocycles. The molecule has 2 rings (SSSR count). The summed E-state index contributed by atoms with van der Waals surface area (Å²) in [6, 6.07) is -2.59. The lowest BCUT2D eigenvalue weighted by Crippen LogP contribution is -2.69. The summed E-state index contributed by atoms with van der Waals surface area (Å²) >= 11 is 0. The molecule has 2 amide bonds. The Hall–Kier alpha value is -1.42. The summed E-state index contributed by atoms with van der Waals surface area (Å²) in [5, 5.41) is 64.5. The van der Waals surface area contributed by atoms with Crippen molar-refractivity contribution >= 4 is 11.8 Å². The zero-order valence-electron chi connectivity index (χ0n) is 15.9. The molecule has 0 unspecified atom stereocenters. The molecule has 8 N–H and O–H groups in total. The molecular formula is C16H28N2O11. The van der Waals surface area contributed by atoms with E-state index >= 15 is 0 Å². The number of carbonyl (C=O) groups is 2. The van der Waals surface area contributed by atoms with E-state index in [1.165, 1.54) is 0 Å². The summed E-state index contributed by atoms with van der Waals surface area (Å²) in [5.41, 5.74) is 0. The van der Waals surface area contributed by atoms with Crippen LogP contribution in [0.2, 0.25) is 0 Å². The van der Waals surface area contributed by atoms with Crippen LogP contribution < -0.4 is 10.6 Å². The lowest BCUT2D eigenvalue weighted by Gasteiger charge is -2.47. The minimum absolute atomic E-state index is 0.568. The maximum atomic E-state index is 11.5. The zero-order chi connectivity index (χ0) is 21.9. The fourth-order valence-corrected chi connectivity index (χ4v) is 3.38. The number of hydrogen-bond acceptors (Lipinski definition) is 11. The normalized spacial score (nSPS) is 42.9. The quantitative estimate of drug-likeness (QED) is 0.202. The lowest BCUT2D eigenvalue weighted by atomic mass is 9.94. The second kappa shape index (κ2) is 10.1. The van der Waals surface area contributed by atoms with E-state index in [1.54, 1.807) is 0 Å². The standard InChI is InChI=1S/C16H28N2O11/c1-5(21)17-9-13(25)14(8(4-20)27-15(9)26)29-16-10(18-6(2)22)12(24)11(23)7(3-19)28-16/h7-16,19-20,23-26H,3-4H2,1-2H3,(H,17,21)(H,18,22)/t7-,8-,9+,10-,11-,12-,13-,14-,15+,16-/m1/s1. The van der Waals surface area contributed by atoms with Crippen molar-refractivity contribution in [1.29, 1.82) is 0 Å². The van der Waals surface area contributed by atoms with E-state index in [4.69, 9.17) is 14.2 Å². The Kier molecular flexibility index (Phi) is 8.28. The van der Waals surface area contributed by atoms with Gasteiger partial charge in [0.25, 0.3) is 0 Å². The van der Waals surface area contributed by atoms with Crippen LogP contribution in [0.15, 0.2) is 0 Å². The number of carbonyl (C=O) groups excluding carboxylic acids is 2. The van der Waals surface area contributed by atoms with Crippen molar-refractivity contribution in [2.45, 2.75) is 75.1 Å². The third-order valence-electron chi connectivity index (χ3n) is 4.78. The minimum Gasteiger partial charge on any atom is -0.394 e. The molecule has 2 aliphatic rings. The first-order valence-electron chi connectivity index (χ1n) is 9.05. The number of aliphatic hydroxyl groups is 6. The smallest absolute Gasteiger partial charge is 0.217 e. The van der Waals surface area contributed by atoms with Gasteiger partial charge in [-0.25, -0.2) is 0 Å². The van der Waals surface area contributed by atoms with Gasteiger partial charge in [0.2, 0.25) is 11.8 Å². The molecule has 2 fully saturated rings. The molecule has 168 valence electrons. The fourth-order valence-electron chi connectivity index (χ4n) is 3.38. The van der Waals surface area contributed by atoms with Crippen molar-refractivity contribution in [3.8, 4) is 0 Å². The Balaban J connectivity index is 2.26. The largest absolute Gasteiger partial charge is 0.394 e. The van der Waals surface area contributed by atoms with Crippen LogP contribution >= 0.6 is 0 Å². The van der Waals surface area contributed by atoms with Crippen LogP contribution in [0.5, 0.6) is 0 Å². The molecule has 0 aromatic heterocycles. The Labute approximate surface area is 166 Å². The van der Waals surface area contributed by atoms with Crippen LogP contribution in [0.3, 0.4) is 0 Å². The average Bonchev–Trinajstić information content (AvgIpc) is 2.65. The van der Waals surface area contributed by atoms with Crippen molar-refractivity contribution in [3.63, 3.8) is 0 Å². The Morgan fingerprint density at radius 3 is 1.90 bits per heavy atom. The van der Waals surface area contributed by atoms with Gasteiger partial charge >= 0.3 is 0 Å². The Bertz CT molecular complexity index is 579. The van der Waals surface area contributed by atoms with E-state index in [1.807, 2.05) is 0 Å². The molecule has 0 radical (unpaired) electrons. The van der Waals surface area contributed by atoms with Crippen molar-refractivity contribution in [2.75, 3.05) is 13.2 Å². The molecule has 0 bridgehead atoms. The molecule has 0 aromatic rings. The third kappa shape index (κ3) is 5.39. The SMILES string of the molecule is CC(=O)N[C@H]1[C@@H](O[C@H]2[C@H](O)[C@H](NC(C)=O)[C@@H](O)O[C@@H]2CO)O[C@H](CO)[C@@H](O)[C@@H]1O. The van der Waals surface area contributed by atoms with Crippen molar-refractivity contribution in [3.05, 3.63) is 0 Å². The topological polar surface area (TPSA) is 207 Å². The summed E-state index contributed by atoms with van der Waals surface area (Å²) in [6.07, 6.45) is -11.7. The summed E-state index contributed by atoms with van der Waals surface area (Å²) in [4.78, 5) is 22.8. The summed E-state index contributed by atoms with van der Waals surface area (Å²) in [7, 11) is 0. The van der Waals surface area contributed by atoms with Crippen LogP contribution in [0.4, 0.5) is 0 Å². The summed E-state index contributed by atoms with van der Waals surface area (Å²) in [5.74, 6) is -1.14. The molecule has 0 saturated carbocycles. The van der Waals surface area contributed by atoms with Crippen LogP contribution in [0, 0.1) is 0 Å². The number of aliphatic hydroxyl groups excluding tert-OH is 6. The fraction of sp³-hybridized carbons (Fsp3) is 0.875. The average molecular weight is 424 g/mol. The predicted octanol–water partition coefficient (Wildman–Crippen LogP) is -5.11. The molecule has 0 spiro atoms. The van der Waals surface area contributed by atoms with Crippen molar-refractivity contribution in [2.24, 2.45) is 0 Å². The van der Waals surface area contributed by atoms with E-state index in [0.29, 0.717) is 0 Å². The first-order valence-corrected chi connectivity index (χ1v) is 9.05. The van der Waals surface area contributed by atoms with Gasteiger partial charge in [-0.3, -0.25) is 9.59 Å². The van der Waals surface area contributed by atoms with Crippen LogP contribution in [-0.4, -0.2) is 117 Å². The second-order valence-electron chi connectivity index (χ2n) is 7.00. The zero-order valence-corrected chi connectivity index (χ0v) is 15.9. The maximum Gasteiger partial charge on any atom is 0.217 e. The highest BCUT2D eigenvalue weighted by molar-refractivity contribution is 5.73. The third-order valence-corrected chi connectivity index (χ3v) is 4.78. The van der Waals surface area contributed by atoms with Gasteiger partial charge in [0.1, 0.15) is 48.7 Å². The number of amides is 2. The van der Waals surface area contributed by atoms with Crippen LogP contribution in [0.1, 0.15) is 13.8 Å². The minimum atomic E-state index is -1.64. The lowest BCUT2D eigenvalue weighted by molar-refractivity contribution is -0.327. The van der Waals surface area contributed by atoms with Crippen molar-refractivity contribution < 1.29 is 54.4 Å². The van der Waals surface area contributed by atoms with E-state index in [-0.39, 0.29) is 0 Å². The van der Waals surface area contributed by atoms with Gasteiger partial charge < -0.3 is 55.5 Å². The van der Waals surface area contributed by atoms with E-state index < -0.39 is 86.3 Å². The number of ether oxygens (including phenoxy) is 3. The molecule has 2 heterocycles. The Morgan fingerprint density at radius 1 is 0.828 bits per heavy atom. The van der Waals surface area contributed by atoms with E-state index in [9.17, 15) is 40.2 Å². The maximum absolute atomic E-state index is 11.5. The predicted molar refractivity (Wildman–Crippen MR) is 91.8 cm³/mol. The monoisotopic (exact) mass is 424 g/mol. The Morgan fingerprint density at radius 2 is 1.38 bits per heavy atom. The molecule has 13 heteroatoms. The molecule has 0 aliphatic carbocycles. The molecule has 2 saturated heterocycles. The van der Waals surface area contributed by atoms with Crippen molar-refractivity contribution in [1.82, 2.24) is 10.6 Å². The molecule has 29 heavy (non-hydrogen) atoms. The first-order chi connectivity index (χ1) is 13.6. The molecule has 13 nitrogen and oxygen atoms in total. The molecular weight excluding hydrogens is 396 g/mol. The first kappa shape index (κ1) is 23.9. The van der Waals surface area contributed by atoms with Crippen LogP contribution in [-0.2, 0) is 23.8 Å². The van der Waals surface area contributed by atoms with Gasteiger partial charge in [-0.15, -0.1) is 0 Å². The molecule has 2 aliphatic heterocycles. The van der Waals surface area contributed by atoms with Gasteiger partial charge in [0.05, 0.1) is 13.2 Å². The van der Waals surface area contributed by atoms with Gasteiger partial charge in [-0.1, -0.05) is 0 Å². The van der Waals surface area contributed by atoms with Gasteiger partial charge in [0.15, 0.2) is 12.6 Å². The van der Waals surface area contributed by atoms with Gasteiger partial charge in [-0.05, 0) is 0 Å². The van der Waals surface area contributed by atoms with Gasteiger partial charge in [0, 0.05) is 13.8 Å². The van der Waals surface area contributed by atoms with E-state index in [2.05, 4.69) is 10.6 Å². The number of nitrogens with one attached hydrogen (secondary N) is 2. The highest BCUT2D eigenvalue weighted by atomic mass is 16.7. The van der Waals surface area contributed by atoms with Crippen LogP contribution in [0.25, 0.3) is 0 Å². The summed E-state index contributed by atoms with van der Waals surface area (Å²) in [6.45, 7) is 0.962. The van der Waals surface area contributed by atoms with E-state index in [0.717, 1.165) is 13.8 Å². The summed E-state index contributed by atoms with van der Waals surface area (Å²) < 4.78 is 16.3. The highest BCUT2D eigenvalue weighted by Gasteiger charge is 2.51. The number of rotatable bonds is 6. The second-order valence-corrected chi connectivity index (χ2v) is 7.00.